The maximum Gasteiger partial charge on any atom is 0.163 e. The molecule has 8 nitrogen and oxygen atoms in total. The lowest BCUT2D eigenvalue weighted by Gasteiger charge is -2.28. The van der Waals surface area contributed by atoms with E-state index in [1.54, 1.807) is 20.5 Å². The molecule has 0 spiro atoms. The second-order valence-electron chi connectivity index (χ2n) is 8.70. The van der Waals surface area contributed by atoms with Gasteiger partial charge in [0, 0.05) is 11.5 Å². The predicted octanol–water partition coefficient (Wildman–Crippen LogP) is 4.42. The van der Waals surface area contributed by atoms with Gasteiger partial charge in [-0.2, -0.15) is 5.10 Å². The van der Waals surface area contributed by atoms with Crippen molar-refractivity contribution in [3.63, 3.8) is 0 Å². The predicted molar refractivity (Wildman–Crippen MR) is 131 cm³/mol. The van der Waals surface area contributed by atoms with Gasteiger partial charge in [-0.3, -0.25) is 5.10 Å². The molecule has 0 aliphatic carbocycles. The average Bonchev–Trinajstić information content (AvgIpc) is 3.37. The molecule has 2 aromatic heterocycles. The van der Waals surface area contributed by atoms with Gasteiger partial charge in [0.15, 0.2) is 11.5 Å². The number of rotatable bonds is 7. The van der Waals surface area contributed by atoms with Gasteiger partial charge in [-0.15, -0.1) is 0 Å². The van der Waals surface area contributed by atoms with E-state index in [0.29, 0.717) is 24.0 Å². The second kappa shape index (κ2) is 9.69. The number of nitrogens with one attached hydrogen (secondary N) is 1. The van der Waals surface area contributed by atoms with Crippen molar-refractivity contribution in [2.75, 3.05) is 41.0 Å². The number of ether oxygens (including phenoxy) is 3. The van der Waals surface area contributed by atoms with Crippen LogP contribution in [0.5, 0.6) is 17.2 Å². The lowest BCUT2D eigenvalue weighted by Crippen LogP contribution is -2.32. The third-order valence-electron chi connectivity index (χ3n) is 6.45. The van der Waals surface area contributed by atoms with Crippen molar-refractivity contribution in [3.8, 4) is 39.9 Å². The summed E-state index contributed by atoms with van der Waals surface area (Å²) in [5, 5.41) is 8.49. The molecular formula is C26H29N5O3. The fourth-order valence-corrected chi connectivity index (χ4v) is 4.34. The minimum Gasteiger partial charge on any atom is -0.497 e. The number of hydrogen-bond acceptors (Lipinski definition) is 7. The fourth-order valence-electron chi connectivity index (χ4n) is 4.34. The summed E-state index contributed by atoms with van der Waals surface area (Å²) in [6.07, 6.45) is 3.86. The number of aromatic nitrogens is 4. The standard InChI is InChI=1S/C26H29N5O3/c1-31-10-8-17(9-11-31)15-34-25-14-22-20(12-24(25)33-3)26(28-16-27-22)23-13-21(29-30-23)18-4-6-19(32-2)7-5-18/h4-7,12-14,16-17H,8-11,15H2,1-3H3,(H,29,30). The van der Waals surface area contributed by atoms with Gasteiger partial charge in [0.05, 0.1) is 32.0 Å². The summed E-state index contributed by atoms with van der Waals surface area (Å²) in [7, 11) is 5.48. The Morgan fingerprint density at radius 2 is 1.76 bits per heavy atom. The molecular weight excluding hydrogens is 430 g/mol. The molecule has 1 saturated heterocycles. The van der Waals surface area contributed by atoms with E-state index in [9.17, 15) is 0 Å². The zero-order valence-electron chi connectivity index (χ0n) is 19.7. The van der Waals surface area contributed by atoms with Crippen LogP contribution in [0.4, 0.5) is 0 Å². The number of likely N-dealkylation sites (tertiary alicyclic amines) is 1. The van der Waals surface area contributed by atoms with Crippen molar-refractivity contribution in [2.45, 2.75) is 12.8 Å². The van der Waals surface area contributed by atoms with Gasteiger partial charge in [-0.25, -0.2) is 9.97 Å². The van der Waals surface area contributed by atoms with E-state index in [1.807, 2.05) is 42.5 Å². The number of piperidine rings is 1. The minimum atomic E-state index is 0.554. The third-order valence-corrected chi connectivity index (χ3v) is 6.45. The van der Waals surface area contributed by atoms with Crippen LogP contribution in [0.2, 0.25) is 0 Å². The van der Waals surface area contributed by atoms with Crippen LogP contribution < -0.4 is 14.2 Å². The minimum absolute atomic E-state index is 0.554. The molecule has 8 heteroatoms. The Kier molecular flexibility index (Phi) is 6.31. The summed E-state index contributed by atoms with van der Waals surface area (Å²) >= 11 is 0. The molecule has 1 fully saturated rings. The van der Waals surface area contributed by atoms with Crippen LogP contribution in [0.1, 0.15) is 12.8 Å². The molecule has 4 aromatic rings. The first-order valence-corrected chi connectivity index (χ1v) is 11.5. The smallest absolute Gasteiger partial charge is 0.163 e. The Balaban J connectivity index is 1.42. The van der Waals surface area contributed by atoms with Crippen LogP contribution in [0.25, 0.3) is 33.5 Å². The number of hydrogen-bond donors (Lipinski definition) is 1. The van der Waals surface area contributed by atoms with Crippen molar-refractivity contribution in [1.29, 1.82) is 0 Å². The second-order valence-corrected chi connectivity index (χ2v) is 8.70. The lowest BCUT2D eigenvalue weighted by atomic mass is 9.98. The van der Waals surface area contributed by atoms with E-state index in [-0.39, 0.29) is 0 Å². The molecule has 0 atom stereocenters. The van der Waals surface area contributed by atoms with Crippen molar-refractivity contribution < 1.29 is 14.2 Å². The van der Waals surface area contributed by atoms with Gasteiger partial charge in [-0.1, -0.05) is 0 Å². The van der Waals surface area contributed by atoms with E-state index in [2.05, 4.69) is 32.1 Å². The zero-order valence-corrected chi connectivity index (χ0v) is 19.7. The topological polar surface area (TPSA) is 85.4 Å². The average molecular weight is 460 g/mol. The molecule has 0 radical (unpaired) electrons. The normalized spacial score (nSPS) is 14.9. The summed E-state index contributed by atoms with van der Waals surface area (Å²) < 4.78 is 17.1. The Labute approximate surface area is 198 Å². The molecule has 5 rings (SSSR count). The van der Waals surface area contributed by atoms with Gasteiger partial charge >= 0.3 is 0 Å². The van der Waals surface area contributed by atoms with Gasteiger partial charge in [0.2, 0.25) is 0 Å². The van der Waals surface area contributed by atoms with Crippen molar-refractivity contribution in [2.24, 2.45) is 5.92 Å². The van der Waals surface area contributed by atoms with E-state index in [4.69, 9.17) is 14.2 Å². The number of fused-ring (bicyclic) bond motifs is 1. The first-order valence-electron chi connectivity index (χ1n) is 11.5. The van der Waals surface area contributed by atoms with E-state index < -0.39 is 0 Å². The Hall–Kier alpha value is -3.65. The number of benzene rings is 2. The molecule has 0 unspecified atom stereocenters. The van der Waals surface area contributed by atoms with E-state index >= 15 is 0 Å². The Morgan fingerprint density at radius 1 is 0.971 bits per heavy atom. The molecule has 1 N–H and O–H groups in total. The van der Waals surface area contributed by atoms with Gasteiger partial charge < -0.3 is 19.1 Å². The third kappa shape index (κ3) is 4.54. The van der Waals surface area contributed by atoms with Gasteiger partial charge in [0.25, 0.3) is 0 Å². The quantitative estimate of drug-likeness (QED) is 0.438. The maximum absolute atomic E-state index is 6.20. The molecule has 2 aromatic carbocycles. The molecule has 34 heavy (non-hydrogen) atoms. The fraction of sp³-hybridized carbons (Fsp3) is 0.346. The highest BCUT2D eigenvalue weighted by atomic mass is 16.5. The summed E-state index contributed by atoms with van der Waals surface area (Å²) in [4.78, 5) is 11.4. The number of nitrogens with zero attached hydrogens (tertiary/aromatic N) is 4. The molecule has 0 bridgehead atoms. The van der Waals surface area contributed by atoms with Crippen LogP contribution in [0.3, 0.4) is 0 Å². The largest absolute Gasteiger partial charge is 0.497 e. The molecule has 0 amide bonds. The lowest BCUT2D eigenvalue weighted by molar-refractivity contribution is 0.157. The maximum atomic E-state index is 6.20. The molecule has 1 aliphatic heterocycles. The SMILES string of the molecule is COc1ccc(-c2cc(-c3ncnc4cc(OCC5CCN(C)CC5)c(OC)cc34)n[nH]2)cc1. The van der Waals surface area contributed by atoms with Crippen molar-refractivity contribution in [1.82, 2.24) is 25.1 Å². The first-order chi connectivity index (χ1) is 16.6. The number of aromatic amines is 1. The van der Waals surface area contributed by atoms with Gasteiger partial charge in [-0.05, 0) is 80.9 Å². The van der Waals surface area contributed by atoms with E-state index in [0.717, 1.165) is 65.2 Å². The summed E-state index contributed by atoms with van der Waals surface area (Å²) in [5.41, 5.74) is 4.18. The highest BCUT2D eigenvalue weighted by molar-refractivity contribution is 5.93. The monoisotopic (exact) mass is 459 g/mol. The Morgan fingerprint density at radius 3 is 2.50 bits per heavy atom. The van der Waals surface area contributed by atoms with Crippen LogP contribution in [0.15, 0.2) is 48.8 Å². The van der Waals surface area contributed by atoms with Crippen LogP contribution in [-0.2, 0) is 0 Å². The molecule has 3 heterocycles. The van der Waals surface area contributed by atoms with Crippen LogP contribution in [-0.4, -0.2) is 66.0 Å². The molecule has 176 valence electrons. The van der Waals surface area contributed by atoms with Gasteiger partial charge in [0.1, 0.15) is 23.5 Å². The van der Waals surface area contributed by atoms with Crippen LogP contribution >= 0.6 is 0 Å². The summed E-state index contributed by atoms with van der Waals surface area (Å²) in [6, 6.07) is 13.7. The highest BCUT2D eigenvalue weighted by Crippen LogP contribution is 2.36. The van der Waals surface area contributed by atoms with Crippen molar-refractivity contribution >= 4 is 10.9 Å². The summed E-state index contributed by atoms with van der Waals surface area (Å²) in [6.45, 7) is 2.90. The van der Waals surface area contributed by atoms with Crippen LogP contribution in [0, 0.1) is 5.92 Å². The first kappa shape index (κ1) is 22.2. The van der Waals surface area contributed by atoms with Crippen molar-refractivity contribution in [3.05, 3.63) is 48.8 Å². The number of methoxy groups -OCH3 is 2. The molecule has 1 aliphatic rings. The summed E-state index contributed by atoms with van der Waals surface area (Å²) in [5.74, 6) is 2.74. The van der Waals surface area contributed by atoms with E-state index in [1.165, 1.54) is 0 Å². The highest BCUT2D eigenvalue weighted by Gasteiger charge is 2.19. The Bertz CT molecular complexity index is 1260. The molecule has 0 saturated carbocycles. The number of H-pyrrole nitrogens is 1. The zero-order chi connectivity index (χ0) is 23.5.